The van der Waals surface area contributed by atoms with Gasteiger partial charge in [-0.15, -0.1) is 0 Å². The molecule has 94 valence electrons. The van der Waals surface area contributed by atoms with E-state index >= 15 is 0 Å². The largest absolute Gasteiger partial charge is 0.385 e. The Hall–Kier alpha value is -1.07. The first kappa shape index (κ1) is 14.0. The third-order valence-corrected chi connectivity index (χ3v) is 3.33. The van der Waals surface area contributed by atoms with Crippen molar-refractivity contribution in [3.8, 4) is 0 Å². The lowest BCUT2D eigenvalue weighted by atomic mass is 9.97. The van der Waals surface area contributed by atoms with Crippen LogP contribution in [-0.4, -0.2) is 25.2 Å². The SMILES string of the molecule is COCCC(C)(Nc1ccccc1Br)C(N)=O. The number of carbonyl (C=O) groups is 1. The summed E-state index contributed by atoms with van der Waals surface area (Å²) in [5.41, 5.74) is 5.46. The number of primary amides is 1. The topological polar surface area (TPSA) is 64.3 Å². The normalized spacial score (nSPS) is 14.1. The molecule has 0 saturated heterocycles. The number of methoxy groups -OCH3 is 1. The highest BCUT2D eigenvalue weighted by atomic mass is 79.9. The summed E-state index contributed by atoms with van der Waals surface area (Å²) >= 11 is 3.42. The summed E-state index contributed by atoms with van der Waals surface area (Å²) < 4.78 is 5.89. The van der Waals surface area contributed by atoms with Crippen LogP contribution in [0.4, 0.5) is 5.69 Å². The highest BCUT2D eigenvalue weighted by Crippen LogP contribution is 2.26. The monoisotopic (exact) mass is 300 g/mol. The summed E-state index contributed by atoms with van der Waals surface area (Å²) in [5, 5.41) is 3.16. The van der Waals surface area contributed by atoms with E-state index in [0.717, 1.165) is 10.2 Å². The third-order valence-electron chi connectivity index (χ3n) is 2.63. The number of nitrogens with two attached hydrogens (primary N) is 1. The van der Waals surface area contributed by atoms with E-state index in [-0.39, 0.29) is 0 Å². The second-order valence-corrected chi connectivity index (χ2v) is 4.90. The van der Waals surface area contributed by atoms with Gasteiger partial charge < -0.3 is 15.8 Å². The Morgan fingerprint density at radius 1 is 1.53 bits per heavy atom. The Kier molecular flexibility index (Phi) is 4.96. The van der Waals surface area contributed by atoms with Crippen LogP contribution in [0.3, 0.4) is 0 Å². The molecule has 0 aromatic heterocycles. The quantitative estimate of drug-likeness (QED) is 0.846. The molecule has 17 heavy (non-hydrogen) atoms. The average Bonchev–Trinajstić information content (AvgIpc) is 2.29. The first-order chi connectivity index (χ1) is 7.99. The Balaban J connectivity index is 2.87. The van der Waals surface area contributed by atoms with E-state index in [0.29, 0.717) is 13.0 Å². The Morgan fingerprint density at radius 3 is 2.71 bits per heavy atom. The minimum absolute atomic E-state index is 0.398. The van der Waals surface area contributed by atoms with E-state index in [1.807, 2.05) is 24.3 Å². The van der Waals surface area contributed by atoms with Gasteiger partial charge in [0.2, 0.25) is 5.91 Å². The van der Waals surface area contributed by atoms with Gasteiger partial charge in [-0.25, -0.2) is 0 Å². The van der Waals surface area contributed by atoms with Crippen LogP contribution < -0.4 is 11.1 Å². The number of amides is 1. The number of rotatable bonds is 6. The van der Waals surface area contributed by atoms with Crippen molar-refractivity contribution >= 4 is 27.5 Å². The first-order valence-corrected chi connectivity index (χ1v) is 6.10. The van der Waals surface area contributed by atoms with E-state index in [1.165, 1.54) is 0 Å². The maximum absolute atomic E-state index is 11.5. The minimum atomic E-state index is -0.820. The molecule has 0 bridgehead atoms. The molecule has 1 atom stereocenters. The zero-order valence-corrected chi connectivity index (χ0v) is 11.6. The molecular formula is C12H17BrN2O2. The lowest BCUT2D eigenvalue weighted by Crippen LogP contribution is -2.48. The van der Waals surface area contributed by atoms with Crippen LogP contribution in [0.1, 0.15) is 13.3 Å². The predicted molar refractivity (Wildman–Crippen MR) is 71.9 cm³/mol. The average molecular weight is 301 g/mol. The zero-order valence-electron chi connectivity index (χ0n) is 10.00. The van der Waals surface area contributed by atoms with Crippen molar-refractivity contribution in [2.45, 2.75) is 18.9 Å². The molecule has 1 amide bonds. The number of benzene rings is 1. The van der Waals surface area contributed by atoms with E-state index in [2.05, 4.69) is 21.2 Å². The third kappa shape index (κ3) is 3.71. The molecule has 3 N–H and O–H groups in total. The summed E-state index contributed by atoms with van der Waals surface area (Å²) in [7, 11) is 1.60. The first-order valence-electron chi connectivity index (χ1n) is 5.31. The smallest absolute Gasteiger partial charge is 0.242 e. The Labute approximate surface area is 110 Å². The molecule has 1 aromatic carbocycles. The molecule has 0 saturated carbocycles. The molecule has 1 rings (SSSR count). The Bertz CT molecular complexity index is 398. The molecule has 0 fully saturated rings. The van der Waals surface area contributed by atoms with Crippen LogP contribution in [-0.2, 0) is 9.53 Å². The summed E-state index contributed by atoms with van der Waals surface area (Å²) in [6, 6.07) is 7.59. The fourth-order valence-corrected chi connectivity index (χ4v) is 1.80. The second-order valence-electron chi connectivity index (χ2n) is 4.04. The summed E-state index contributed by atoms with van der Waals surface area (Å²) in [4.78, 5) is 11.5. The van der Waals surface area contributed by atoms with Gasteiger partial charge in [0.15, 0.2) is 0 Å². The van der Waals surface area contributed by atoms with E-state index in [1.54, 1.807) is 14.0 Å². The number of para-hydroxylation sites is 1. The molecular weight excluding hydrogens is 284 g/mol. The minimum Gasteiger partial charge on any atom is -0.385 e. The van der Waals surface area contributed by atoms with Crippen molar-refractivity contribution in [3.05, 3.63) is 28.7 Å². The van der Waals surface area contributed by atoms with E-state index in [9.17, 15) is 4.79 Å². The Morgan fingerprint density at radius 2 is 2.18 bits per heavy atom. The van der Waals surface area contributed by atoms with Crippen molar-refractivity contribution in [2.24, 2.45) is 5.73 Å². The summed E-state index contributed by atoms with van der Waals surface area (Å²) in [5.74, 6) is -0.398. The van der Waals surface area contributed by atoms with Crippen molar-refractivity contribution < 1.29 is 9.53 Å². The highest BCUT2D eigenvalue weighted by Gasteiger charge is 2.30. The summed E-state index contributed by atoms with van der Waals surface area (Å²) in [6.45, 7) is 2.24. The zero-order chi connectivity index (χ0) is 12.9. The maximum atomic E-state index is 11.5. The van der Waals surface area contributed by atoms with Crippen molar-refractivity contribution in [1.29, 1.82) is 0 Å². The molecule has 1 unspecified atom stereocenters. The van der Waals surface area contributed by atoms with Gasteiger partial charge in [-0.1, -0.05) is 12.1 Å². The molecule has 0 aliphatic rings. The molecule has 0 spiro atoms. The molecule has 5 heteroatoms. The highest BCUT2D eigenvalue weighted by molar-refractivity contribution is 9.10. The van der Waals surface area contributed by atoms with Crippen LogP contribution in [0.25, 0.3) is 0 Å². The van der Waals surface area contributed by atoms with Crippen molar-refractivity contribution in [2.75, 3.05) is 19.0 Å². The van der Waals surface area contributed by atoms with Gasteiger partial charge in [0.1, 0.15) is 5.54 Å². The number of ether oxygens (including phenoxy) is 1. The van der Waals surface area contributed by atoms with Crippen LogP contribution in [0, 0.1) is 0 Å². The van der Waals surface area contributed by atoms with Crippen LogP contribution in [0.5, 0.6) is 0 Å². The number of halogens is 1. The second kappa shape index (κ2) is 6.02. The number of carbonyl (C=O) groups excluding carboxylic acids is 1. The number of hydrogen-bond acceptors (Lipinski definition) is 3. The lowest BCUT2D eigenvalue weighted by molar-refractivity contribution is -0.122. The van der Waals surface area contributed by atoms with Gasteiger partial charge in [0, 0.05) is 30.3 Å². The van der Waals surface area contributed by atoms with Crippen molar-refractivity contribution in [3.63, 3.8) is 0 Å². The predicted octanol–water partition coefficient (Wildman–Crippen LogP) is 2.14. The fourth-order valence-electron chi connectivity index (χ4n) is 1.41. The number of anilines is 1. The number of hydrogen-bond donors (Lipinski definition) is 2. The molecule has 0 aliphatic heterocycles. The molecule has 0 aliphatic carbocycles. The van der Waals surface area contributed by atoms with Crippen LogP contribution in [0.2, 0.25) is 0 Å². The molecule has 0 radical (unpaired) electrons. The van der Waals surface area contributed by atoms with E-state index < -0.39 is 11.4 Å². The molecule has 0 heterocycles. The van der Waals surface area contributed by atoms with Gasteiger partial charge in [-0.2, -0.15) is 0 Å². The van der Waals surface area contributed by atoms with Crippen molar-refractivity contribution in [1.82, 2.24) is 0 Å². The van der Waals surface area contributed by atoms with Gasteiger partial charge in [-0.05, 0) is 35.0 Å². The van der Waals surface area contributed by atoms with Crippen LogP contribution >= 0.6 is 15.9 Å². The van der Waals surface area contributed by atoms with Gasteiger partial charge >= 0.3 is 0 Å². The number of nitrogens with one attached hydrogen (secondary N) is 1. The van der Waals surface area contributed by atoms with Crippen LogP contribution in [0.15, 0.2) is 28.7 Å². The molecule has 1 aromatic rings. The van der Waals surface area contributed by atoms with E-state index in [4.69, 9.17) is 10.5 Å². The maximum Gasteiger partial charge on any atom is 0.242 e. The lowest BCUT2D eigenvalue weighted by Gasteiger charge is -2.28. The molecule has 4 nitrogen and oxygen atoms in total. The standard InChI is InChI=1S/C12H17BrN2O2/c1-12(11(14)16,7-8-17-2)15-10-6-4-3-5-9(10)13/h3-6,15H,7-8H2,1-2H3,(H2,14,16). The fraction of sp³-hybridized carbons (Fsp3) is 0.417. The van der Waals surface area contributed by atoms with Gasteiger partial charge in [0.25, 0.3) is 0 Å². The van der Waals surface area contributed by atoms with Gasteiger partial charge in [-0.3, -0.25) is 4.79 Å². The van der Waals surface area contributed by atoms with Gasteiger partial charge in [0.05, 0.1) is 0 Å². The summed E-state index contributed by atoms with van der Waals surface area (Å²) in [6.07, 6.45) is 0.514.